The van der Waals surface area contributed by atoms with Crippen molar-refractivity contribution in [3.63, 3.8) is 0 Å². The van der Waals surface area contributed by atoms with Crippen molar-refractivity contribution in [2.24, 2.45) is 0 Å². The van der Waals surface area contributed by atoms with Crippen LogP contribution in [0.15, 0.2) is 41.3 Å². The first kappa shape index (κ1) is 12.8. The Morgan fingerprint density at radius 2 is 2.06 bits per heavy atom. The van der Waals surface area contributed by atoms with E-state index in [4.69, 9.17) is 0 Å². The fourth-order valence-corrected chi connectivity index (χ4v) is 2.12. The molecule has 0 radical (unpaired) electrons. The van der Waals surface area contributed by atoms with E-state index in [-0.39, 0.29) is 11.9 Å². The van der Waals surface area contributed by atoms with Gasteiger partial charge in [0.05, 0.1) is 0 Å². The molecule has 2 aromatic heterocycles. The molecule has 0 atom stereocenters. The SMILES string of the molecule is CC(C)n1cc(Br)cc1C(=O)Nc1ccncc1. The molecular formula is C13H14BrN3O. The number of nitrogens with zero attached hydrogens (tertiary/aromatic N) is 2. The van der Waals surface area contributed by atoms with Crippen molar-refractivity contribution in [1.29, 1.82) is 0 Å². The number of carbonyl (C=O) groups is 1. The minimum absolute atomic E-state index is 0.124. The second-order valence-corrected chi connectivity index (χ2v) is 5.15. The van der Waals surface area contributed by atoms with Crippen LogP contribution in [0, 0.1) is 0 Å². The van der Waals surface area contributed by atoms with Crippen LogP contribution in [0.25, 0.3) is 0 Å². The van der Waals surface area contributed by atoms with Crippen LogP contribution >= 0.6 is 15.9 Å². The minimum Gasteiger partial charge on any atom is -0.340 e. The van der Waals surface area contributed by atoms with E-state index in [2.05, 4.69) is 26.2 Å². The van der Waals surface area contributed by atoms with Gasteiger partial charge in [-0.1, -0.05) is 0 Å². The molecule has 4 nitrogen and oxygen atoms in total. The van der Waals surface area contributed by atoms with Crippen LogP contribution in [-0.2, 0) is 0 Å². The molecule has 18 heavy (non-hydrogen) atoms. The lowest BCUT2D eigenvalue weighted by atomic mass is 10.3. The molecule has 0 saturated heterocycles. The van der Waals surface area contributed by atoms with Crippen molar-refractivity contribution in [1.82, 2.24) is 9.55 Å². The normalized spacial score (nSPS) is 10.7. The highest BCUT2D eigenvalue weighted by Crippen LogP contribution is 2.20. The molecule has 1 amide bonds. The maximum atomic E-state index is 12.2. The summed E-state index contributed by atoms with van der Waals surface area (Å²) in [6, 6.07) is 5.57. The molecule has 2 heterocycles. The van der Waals surface area contributed by atoms with Crippen molar-refractivity contribution in [2.75, 3.05) is 5.32 Å². The molecule has 0 aliphatic carbocycles. The van der Waals surface area contributed by atoms with Crippen LogP contribution in [0.3, 0.4) is 0 Å². The van der Waals surface area contributed by atoms with Crippen molar-refractivity contribution in [3.05, 3.63) is 47.0 Å². The third-order valence-corrected chi connectivity index (χ3v) is 2.98. The number of aromatic nitrogens is 2. The van der Waals surface area contributed by atoms with Gasteiger partial charge in [-0.15, -0.1) is 0 Å². The van der Waals surface area contributed by atoms with Crippen molar-refractivity contribution < 1.29 is 4.79 Å². The standard InChI is InChI=1S/C13H14BrN3O/c1-9(2)17-8-10(14)7-12(17)13(18)16-11-3-5-15-6-4-11/h3-9H,1-2H3,(H,15,16,18). The van der Waals surface area contributed by atoms with Crippen LogP contribution in [0.4, 0.5) is 5.69 Å². The summed E-state index contributed by atoms with van der Waals surface area (Å²) in [6.07, 6.45) is 5.20. The van der Waals surface area contributed by atoms with E-state index in [1.807, 2.05) is 30.7 Å². The van der Waals surface area contributed by atoms with Crippen LogP contribution in [0.5, 0.6) is 0 Å². The average molecular weight is 308 g/mol. The molecule has 0 aliphatic rings. The molecule has 1 N–H and O–H groups in total. The van der Waals surface area contributed by atoms with Crippen LogP contribution in [0.1, 0.15) is 30.4 Å². The lowest BCUT2D eigenvalue weighted by Gasteiger charge is -2.12. The van der Waals surface area contributed by atoms with Crippen molar-refractivity contribution >= 4 is 27.5 Å². The lowest BCUT2D eigenvalue weighted by Crippen LogP contribution is -2.17. The third kappa shape index (κ3) is 2.79. The van der Waals surface area contributed by atoms with Gasteiger partial charge in [-0.05, 0) is 48.0 Å². The number of pyridine rings is 1. The Morgan fingerprint density at radius 1 is 1.39 bits per heavy atom. The second kappa shape index (κ2) is 5.35. The summed E-state index contributed by atoms with van der Waals surface area (Å²) in [5.74, 6) is -0.124. The van der Waals surface area contributed by atoms with Gasteiger partial charge in [-0.2, -0.15) is 0 Å². The number of nitrogens with one attached hydrogen (secondary N) is 1. The number of hydrogen-bond donors (Lipinski definition) is 1. The second-order valence-electron chi connectivity index (χ2n) is 4.23. The zero-order valence-electron chi connectivity index (χ0n) is 10.2. The van der Waals surface area contributed by atoms with Crippen LogP contribution in [-0.4, -0.2) is 15.5 Å². The summed E-state index contributed by atoms with van der Waals surface area (Å²) in [5, 5.41) is 2.85. The van der Waals surface area contributed by atoms with Crippen LogP contribution in [0.2, 0.25) is 0 Å². The fourth-order valence-electron chi connectivity index (χ4n) is 1.69. The molecule has 0 unspecified atom stereocenters. The van der Waals surface area contributed by atoms with Gasteiger partial charge < -0.3 is 9.88 Å². The smallest absolute Gasteiger partial charge is 0.272 e. The predicted octanol–water partition coefficient (Wildman–Crippen LogP) is 3.48. The Bertz CT molecular complexity index is 549. The van der Waals surface area contributed by atoms with E-state index in [0.29, 0.717) is 5.69 Å². The quantitative estimate of drug-likeness (QED) is 0.943. The number of carbonyl (C=O) groups excluding carboxylic acids is 1. The maximum Gasteiger partial charge on any atom is 0.272 e. The Hall–Kier alpha value is -1.62. The van der Waals surface area contributed by atoms with Gasteiger partial charge in [0.1, 0.15) is 5.69 Å². The summed E-state index contributed by atoms with van der Waals surface area (Å²) in [6.45, 7) is 4.07. The first-order chi connectivity index (χ1) is 8.58. The topological polar surface area (TPSA) is 46.9 Å². The molecule has 2 rings (SSSR count). The molecule has 0 aliphatic heterocycles. The summed E-state index contributed by atoms with van der Waals surface area (Å²) in [4.78, 5) is 16.1. The number of amides is 1. The fraction of sp³-hybridized carbons (Fsp3) is 0.231. The molecule has 0 saturated carbocycles. The molecule has 0 spiro atoms. The largest absolute Gasteiger partial charge is 0.340 e. The van der Waals surface area contributed by atoms with E-state index in [1.165, 1.54) is 0 Å². The molecule has 94 valence electrons. The van der Waals surface area contributed by atoms with E-state index < -0.39 is 0 Å². The highest BCUT2D eigenvalue weighted by molar-refractivity contribution is 9.10. The van der Waals surface area contributed by atoms with Crippen LogP contribution < -0.4 is 5.32 Å². The van der Waals surface area contributed by atoms with E-state index in [1.54, 1.807) is 24.5 Å². The molecule has 5 heteroatoms. The molecule has 2 aromatic rings. The van der Waals surface area contributed by atoms with Crippen molar-refractivity contribution in [3.8, 4) is 0 Å². The number of anilines is 1. The Morgan fingerprint density at radius 3 is 2.67 bits per heavy atom. The first-order valence-corrected chi connectivity index (χ1v) is 6.46. The minimum atomic E-state index is -0.124. The summed E-state index contributed by atoms with van der Waals surface area (Å²) in [7, 11) is 0. The molecular weight excluding hydrogens is 294 g/mol. The number of rotatable bonds is 3. The average Bonchev–Trinajstić information content (AvgIpc) is 2.73. The Balaban J connectivity index is 2.24. The summed E-state index contributed by atoms with van der Waals surface area (Å²) in [5.41, 5.74) is 1.37. The number of hydrogen-bond acceptors (Lipinski definition) is 2. The highest BCUT2D eigenvalue weighted by atomic mass is 79.9. The number of halogens is 1. The zero-order valence-corrected chi connectivity index (χ0v) is 11.8. The van der Waals surface area contributed by atoms with E-state index in [9.17, 15) is 4.79 Å². The molecule has 0 fully saturated rings. The van der Waals surface area contributed by atoms with Gasteiger partial charge in [-0.25, -0.2) is 0 Å². The van der Waals surface area contributed by atoms with Crippen molar-refractivity contribution in [2.45, 2.75) is 19.9 Å². The summed E-state index contributed by atoms with van der Waals surface area (Å²) >= 11 is 3.39. The van der Waals surface area contributed by atoms with Gasteiger partial charge in [-0.3, -0.25) is 9.78 Å². The molecule has 0 bridgehead atoms. The van der Waals surface area contributed by atoms with Gasteiger partial charge in [0.25, 0.3) is 5.91 Å². The summed E-state index contributed by atoms with van der Waals surface area (Å²) < 4.78 is 2.83. The third-order valence-electron chi connectivity index (χ3n) is 2.54. The maximum absolute atomic E-state index is 12.2. The van der Waals surface area contributed by atoms with E-state index in [0.717, 1.165) is 10.2 Å². The monoisotopic (exact) mass is 307 g/mol. The predicted molar refractivity (Wildman–Crippen MR) is 74.7 cm³/mol. The Labute approximate surface area is 114 Å². The van der Waals surface area contributed by atoms with Gasteiger partial charge in [0, 0.05) is 34.8 Å². The van der Waals surface area contributed by atoms with Gasteiger partial charge in [0.15, 0.2) is 0 Å². The zero-order chi connectivity index (χ0) is 13.1. The van der Waals surface area contributed by atoms with E-state index >= 15 is 0 Å². The van der Waals surface area contributed by atoms with Gasteiger partial charge in [0.2, 0.25) is 0 Å². The first-order valence-electron chi connectivity index (χ1n) is 5.66. The highest BCUT2D eigenvalue weighted by Gasteiger charge is 2.14. The van der Waals surface area contributed by atoms with Gasteiger partial charge >= 0.3 is 0 Å². The Kier molecular flexibility index (Phi) is 3.81. The molecule has 0 aromatic carbocycles. The lowest BCUT2D eigenvalue weighted by molar-refractivity contribution is 0.101.